The van der Waals surface area contributed by atoms with Gasteiger partial charge in [0.15, 0.2) is 0 Å². The minimum atomic E-state index is -2.91. The van der Waals surface area contributed by atoms with E-state index in [1.165, 1.54) is 0 Å². The number of hydrogen-bond donors (Lipinski definition) is 0. The highest BCUT2D eigenvalue weighted by Gasteiger charge is 2.22. The van der Waals surface area contributed by atoms with E-state index in [1.807, 2.05) is 26.0 Å². The molecule has 0 radical (unpaired) electrons. The van der Waals surface area contributed by atoms with Crippen LogP contribution in [0, 0.1) is 0 Å². The quantitative estimate of drug-likeness (QED) is 0.691. The zero-order valence-electron chi connectivity index (χ0n) is 9.76. The van der Waals surface area contributed by atoms with E-state index in [2.05, 4.69) is 4.98 Å². The predicted molar refractivity (Wildman–Crippen MR) is 63.7 cm³/mol. The Morgan fingerprint density at radius 1 is 1.19 bits per heavy atom. The fourth-order valence-electron chi connectivity index (χ4n) is 1.38. The van der Waals surface area contributed by atoms with Crippen molar-refractivity contribution in [2.45, 2.75) is 20.3 Å². The maximum absolute atomic E-state index is 12.1. The van der Waals surface area contributed by atoms with Crippen LogP contribution < -0.4 is 0 Å². The van der Waals surface area contributed by atoms with E-state index in [0.717, 1.165) is 5.56 Å². The first-order valence-corrected chi connectivity index (χ1v) is 7.20. The number of aromatic nitrogens is 1. The van der Waals surface area contributed by atoms with Crippen LogP contribution in [0.15, 0.2) is 24.5 Å². The topological polar surface area (TPSA) is 48.4 Å². The third-order valence-corrected chi connectivity index (χ3v) is 4.15. The van der Waals surface area contributed by atoms with Crippen LogP contribution in [-0.4, -0.2) is 24.4 Å². The molecule has 0 aliphatic rings. The summed E-state index contributed by atoms with van der Waals surface area (Å²) in [5.41, 5.74) is 1.09. The molecule has 0 bridgehead atoms. The summed E-state index contributed by atoms with van der Waals surface area (Å²) in [6, 6.07) is 3.81. The van der Waals surface area contributed by atoms with Crippen LogP contribution in [0.25, 0.3) is 0 Å². The molecule has 5 heteroatoms. The Morgan fingerprint density at radius 2 is 1.75 bits per heavy atom. The van der Waals surface area contributed by atoms with Crippen LogP contribution in [0.4, 0.5) is 0 Å². The van der Waals surface area contributed by atoms with Gasteiger partial charge in [0.25, 0.3) is 0 Å². The normalized spacial score (nSPS) is 11.6. The summed E-state index contributed by atoms with van der Waals surface area (Å²) in [5, 5.41) is 0. The minimum Gasteiger partial charge on any atom is -0.309 e. The summed E-state index contributed by atoms with van der Waals surface area (Å²) in [6.07, 6.45) is 4.54. The van der Waals surface area contributed by atoms with Crippen LogP contribution >= 0.6 is 7.60 Å². The van der Waals surface area contributed by atoms with E-state index in [1.54, 1.807) is 12.4 Å². The lowest BCUT2D eigenvalue weighted by Gasteiger charge is -2.16. The molecule has 90 valence electrons. The van der Waals surface area contributed by atoms with E-state index in [9.17, 15) is 4.57 Å². The van der Waals surface area contributed by atoms with Crippen molar-refractivity contribution in [1.29, 1.82) is 0 Å². The standard InChI is InChI=1S/C11H18NO3P/c1-3-14-16(13,15-4-2)10-7-11-5-8-12-9-6-11/h5-6,8-9H,3-4,7,10H2,1-2H3. The van der Waals surface area contributed by atoms with Gasteiger partial charge in [-0.2, -0.15) is 0 Å². The van der Waals surface area contributed by atoms with Crippen LogP contribution in [0.1, 0.15) is 19.4 Å². The molecular formula is C11H18NO3P. The molecule has 0 unspecified atom stereocenters. The smallest absolute Gasteiger partial charge is 0.309 e. The highest BCUT2D eigenvalue weighted by atomic mass is 31.2. The van der Waals surface area contributed by atoms with Gasteiger partial charge in [0.1, 0.15) is 0 Å². The van der Waals surface area contributed by atoms with Crippen molar-refractivity contribution in [1.82, 2.24) is 4.98 Å². The number of nitrogens with zero attached hydrogens (tertiary/aromatic N) is 1. The molecule has 0 amide bonds. The van der Waals surface area contributed by atoms with Gasteiger partial charge in [-0.05, 0) is 38.0 Å². The lowest BCUT2D eigenvalue weighted by atomic mass is 10.2. The van der Waals surface area contributed by atoms with Crippen LogP contribution in [0.5, 0.6) is 0 Å². The van der Waals surface area contributed by atoms with Gasteiger partial charge in [-0.1, -0.05) is 0 Å². The molecule has 0 atom stereocenters. The third kappa shape index (κ3) is 4.44. The molecule has 0 aromatic carbocycles. The van der Waals surface area contributed by atoms with Crippen molar-refractivity contribution in [3.8, 4) is 0 Å². The summed E-state index contributed by atoms with van der Waals surface area (Å²) in [4.78, 5) is 3.93. The summed E-state index contributed by atoms with van der Waals surface area (Å²) in [6.45, 7) is 4.46. The average molecular weight is 243 g/mol. The fourth-order valence-corrected chi connectivity index (χ4v) is 3.03. The molecule has 0 spiro atoms. The molecule has 16 heavy (non-hydrogen) atoms. The van der Waals surface area contributed by atoms with Crippen LogP contribution in [-0.2, 0) is 20.0 Å². The van der Waals surface area contributed by atoms with E-state index < -0.39 is 7.60 Å². The van der Waals surface area contributed by atoms with Gasteiger partial charge in [-0.15, -0.1) is 0 Å². The summed E-state index contributed by atoms with van der Waals surface area (Å²) >= 11 is 0. The Kier molecular flexibility index (Phi) is 5.67. The Balaban J connectivity index is 2.53. The second-order valence-electron chi connectivity index (χ2n) is 3.28. The van der Waals surface area contributed by atoms with Gasteiger partial charge < -0.3 is 9.05 Å². The molecule has 0 N–H and O–H groups in total. The predicted octanol–water partition coefficient (Wildman–Crippen LogP) is 2.89. The zero-order valence-corrected chi connectivity index (χ0v) is 10.7. The molecule has 1 heterocycles. The Bertz CT molecular complexity index is 332. The van der Waals surface area contributed by atoms with Gasteiger partial charge in [-0.3, -0.25) is 9.55 Å². The van der Waals surface area contributed by atoms with Crippen molar-refractivity contribution >= 4 is 7.60 Å². The molecule has 0 saturated heterocycles. The molecule has 0 fully saturated rings. The second-order valence-corrected chi connectivity index (χ2v) is 5.46. The molecular weight excluding hydrogens is 225 g/mol. The summed E-state index contributed by atoms with van der Waals surface area (Å²) in [5.74, 6) is 0. The average Bonchev–Trinajstić information content (AvgIpc) is 2.29. The highest BCUT2D eigenvalue weighted by Crippen LogP contribution is 2.48. The largest absolute Gasteiger partial charge is 0.330 e. The summed E-state index contributed by atoms with van der Waals surface area (Å²) < 4.78 is 22.5. The molecule has 4 nitrogen and oxygen atoms in total. The van der Waals surface area contributed by atoms with Gasteiger partial charge >= 0.3 is 7.60 Å². The third-order valence-electron chi connectivity index (χ3n) is 2.08. The summed E-state index contributed by atoms with van der Waals surface area (Å²) in [7, 11) is -2.91. The molecule has 1 aromatic heterocycles. The first kappa shape index (κ1) is 13.4. The van der Waals surface area contributed by atoms with E-state index in [0.29, 0.717) is 25.8 Å². The molecule has 0 saturated carbocycles. The first-order valence-electron chi connectivity index (χ1n) is 5.47. The van der Waals surface area contributed by atoms with Crippen molar-refractivity contribution in [2.75, 3.05) is 19.4 Å². The number of aryl methyl sites for hydroxylation is 1. The van der Waals surface area contributed by atoms with E-state index in [-0.39, 0.29) is 0 Å². The number of pyridine rings is 1. The maximum atomic E-state index is 12.1. The van der Waals surface area contributed by atoms with E-state index in [4.69, 9.17) is 9.05 Å². The second kappa shape index (κ2) is 6.79. The Labute approximate surface area is 96.5 Å². The molecule has 0 aliphatic carbocycles. The Hall–Kier alpha value is -0.700. The van der Waals surface area contributed by atoms with Crippen LogP contribution in [0.2, 0.25) is 0 Å². The number of hydrogen-bond acceptors (Lipinski definition) is 4. The molecule has 1 aromatic rings. The first-order chi connectivity index (χ1) is 7.70. The monoisotopic (exact) mass is 243 g/mol. The maximum Gasteiger partial charge on any atom is 0.330 e. The van der Waals surface area contributed by atoms with Crippen LogP contribution in [0.3, 0.4) is 0 Å². The lowest BCUT2D eigenvalue weighted by Crippen LogP contribution is -2.02. The highest BCUT2D eigenvalue weighted by molar-refractivity contribution is 7.53. The lowest BCUT2D eigenvalue weighted by molar-refractivity contribution is 0.220. The number of rotatable bonds is 7. The van der Waals surface area contributed by atoms with Gasteiger partial charge in [-0.25, -0.2) is 0 Å². The fraction of sp³-hybridized carbons (Fsp3) is 0.545. The molecule has 1 rings (SSSR count). The van der Waals surface area contributed by atoms with Crippen molar-refractivity contribution in [3.05, 3.63) is 30.1 Å². The van der Waals surface area contributed by atoms with Crippen molar-refractivity contribution in [2.24, 2.45) is 0 Å². The Morgan fingerprint density at radius 3 is 2.25 bits per heavy atom. The van der Waals surface area contributed by atoms with Gasteiger partial charge in [0, 0.05) is 12.4 Å². The van der Waals surface area contributed by atoms with Crippen molar-refractivity contribution in [3.63, 3.8) is 0 Å². The van der Waals surface area contributed by atoms with Gasteiger partial charge in [0.05, 0.1) is 19.4 Å². The zero-order chi connectivity index (χ0) is 11.9. The van der Waals surface area contributed by atoms with E-state index >= 15 is 0 Å². The minimum absolute atomic E-state index is 0.410. The van der Waals surface area contributed by atoms with Crippen molar-refractivity contribution < 1.29 is 13.6 Å². The van der Waals surface area contributed by atoms with Gasteiger partial charge in [0.2, 0.25) is 0 Å². The SMILES string of the molecule is CCOP(=O)(CCc1ccncc1)OCC. The molecule has 0 aliphatic heterocycles.